The molecule has 12 heteroatoms. The molecule has 22 aromatic rings. The van der Waals surface area contributed by atoms with Crippen LogP contribution in [0.4, 0.5) is 0 Å². The lowest BCUT2D eigenvalue weighted by Crippen LogP contribution is -1.99. The summed E-state index contributed by atoms with van der Waals surface area (Å²) in [5, 5.41) is 14.6. The van der Waals surface area contributed by atoms with E-state index in [2.05, 4.69) is 201 Å². The van der Waals surface area contributed by atoms with Gasteiger partial charge in [-0.3, -0.25) is 0 Å². The minimum absolute atomic E-state index is 0.0193. The number of benzene rings is 14. The second-order valence-electron chi connectivity index (χ2n) is 24.9. The van der Waals surface area contributed by atoms with Crippen molar-refractivity contribution in [3.8, 4) is 79.7 Å². The Morgan fingerprint density at radius 2 is 0.608 bits per heavy atom. The first-order valence-corrected chi connectivity index (χ1v) is 36.3. The number of para-hydroxylation sites is 2. The Morgan fingerprint density at radius 1 is 0.225 bits per heavy atom. The van der Waals surface area contributed by atoms with Crippen molar-refractivity contribution in [2.45, 2.75) is 0 Å². The Kier molecular flexibility index (Phi) is 11.4. The van der Waals surface area contributed by atoms with E-state index in [1.807, 2.05) is 95.5 Å². The molecule has 0 spiro atoms. The van der Waals surface area contributed by atoms with E-state index in [-0.39, 0.29) is 46.9 Å². The molecule has 0 radical (unpaired) electrons. The molecule has 0 aliphatic rings. The molecule has 0 saturated heterocycles. The van der Waals surface area contributed by atoms with Crippen LogP contribution in [0.25, 0.3) is 204 Å². The summed E-state index contributed by atoms with van der Waals surface area (Å²) < 4.78 is 98.2. The Balaban J connectivity index is 0.000000141. The highest BCUT2D eigenvalue weighted by atomic mass is 32.1. The molecule has 476 valence electrons. The van der Waals surface area contributed by atoms with Crippen molar-refractivity contribution in [2.24, 2.45) is 0 Å². The Morgan fingerprint density at radius 3 is 1.15 bits per heavy atom. The third-order valence-corrected chi connectivity index (χ3v) is 23.7. The van der Waals surface area contributed by atoms with E-state index >= 15 is 0 Å². The van der Waals surface area contributed by atoms with Gasteiger partial charge in [-0.25, -0.2) is 29.9 Å². The average molecular weight is 1380 g/mol. The third-order valence-electron chi connectivity index (χ3n) is 19.1. The van der Waals surface area contributed by atoms with Gasteiger partial charge in [0.15, 0.2) is 34.9 Å². The lowest BCUT2D eigenvalue weighted by atomic mass is 10.1. The molecule has 22 rings (SSSR count). The maximum Gasteiger partial charge on any atom is 0.164 e. The Hall–Kier alpha value is -12.4. The molecule has 8 heterocycles. The van der Waals surface area contributed by atoms with Crippen LogP contribution in [0.15, 0.2) is 315 Å². The second-order valence-corrected chi connectivity index (χ2v) is 29.2. The molecule has 0 atom stereocenters. The molecule has 102 heavy (non-hydrogen) atoms. The first-order chi connectivity index (χ1) is 54.7. The van der Waals surface area contributed by atoms with Gasteiger partial charge >= 0.3 is 0 Å². The number of hydrogen-bond acceptors (Lipinski definition) is 10. The topological polar surface area (TPSA) is 87.2 Å². The summed E-state index contributed by atoms with van der Waals surface area (Å²) in [5.74, 6) is 1.42. The maximum atomic E-state index is 8.64. The summed E-state index contributed by atoms with van der Waals surface area (Å²) in [6.07, 6.45) is 0. The molecule has 0 saturated carbocycles. The summed E-state index contributed by atoms with van der Waals surface area (Å²) in [7, 11) is 0. The number of aromatic nitrogens is 8. The highest BCUT2D eigenvalue weighted by Crippen LogP contribution is 2.48. The van der Waals surface area contributed by atoms with E-state index < -0.39 is 36.3 Å². The molecule has 0 fully saturated rings. The predicted molar refractivity (Wildman–Crippen MR) is 433 cm³/mol. The summed E-state index contributed by atoms with van der Waals surface area (Å²) in [6, 6.07) is 83.9. The van der Waals surface area contributed by atoms with Gasteiger partial charge in [0.05, 0.1) is 35.8 Å². The standard InChI is InChI=1S/2C45H26N4S2/c1-3-11-27(12-4-1)43-46-44(28-13-5-2-6-14-28)48-45(47-43)29-19-21-32-35-26-30(20-24-39(35)50-40(32)25-29)49-36-17-9-7-16-34(36)41-37(49)23-22-33-31-15-8-10-18-38(31)51-42(33)41;1-3-11-27(12-4-1)43-46-44(28-13-5-2-6-14-28)48-45(47-43)29-19-21-31-34-26-30(20-23-38(34)51-40(31)25-29)49-35-17-9-7-15-32(35)41-36(49)22-24-39-42(41)33-16-8-10-18-37(33)50-39/h2*1-26H/i2*1D,3D,4D,11D,12D. The van der Waals surface area contributed by atoms with Gasteiger partial charge in [-0.1, -0.05) is 224 Å². The molecule has 8 aromatic heterocycles. The van der Waals surface area contributed by atoms with Gasteiger partial charge in [0, 0.05) is 147 Å². The van der Waals surface area contributed by atoms with Gasteiger partial charge in [0.1, 0.15) is 0 Å². The van der Waals surface area contributed by atoms with Crippen LogP contribution < -0.4 is 0 Å². The second kappa shape index (κ2) is 23.6. The van der Waals surface area contributed by atoms with Crippen molar-refractivity contribution in [3.05, 3.63) is 315 Å². The fraction of sp³-hybridized carbons (Fsp3) is 0. The smallest absolute Gasteiger partial charge is 0.164 e. The molecule has 0 N–H and O–H groups in total. The lowest BCUT2D eigenvalue weighted by Gasteiger charge is -2.09. The zero-order chi connectivity index (χ0) is 75.6. The third kappa shape index (κ3) is 9.59. The van der Waals surface area contributed by atoms with E-state index in [4.69, 9.17) is 33.6 Å². The highest BCUT2D eigenvalue weighted by Gasteiger charge is 2.23. The van der Waals surface area contributed by atoms with Gasteiger partial charge in [-0.2, -0.15) is 0 Å². The number of thiophene rings is 4. The van der Waals surface area contributed by atoms with Crippen LogP contribution in [0, 0.1) is 0 Å². The molecule has 0 aliphatic heterocycles. The normalized spacial score (nSPS) is 13.3. The summed E-state index contributed by atoms with van der Waals surface area (Å²) in [5.41, 5.74) is 9.60. The number of hydrogen-bond donors (Lipinski definition) is 0. The van der Waals surface area contributed by atoms with Crippen LogP contribution in [0.5, 0.6) is 0 Å². The van der Waals surface area contributed by atoms with Crippen LogP contribution in [-0.2, 0) is 0 Å². The van der Waals surface area contributed by atoms with Crippen molar-refractivity contribution in [1.82, 2.24) is 39.0 Å². The first-order valence-electron chi connectivity index (χ1n) is 38.1. The van der Waals surface area contributed by atoms with Gasteiger partial charge in [-0.05, 0) is 91.0 Å². The zero-order valence-electron chi connectivity index (χ0n) is 63.5. The van der Waals surface area contributed by atoms with E-state index in [0.29, 0.717) is 23.3 Å². The summed E-state index contributed by atoms with van der Waals surface area (Å²) >= 11 is 7.07. The molecule has 0 unspecified atom stereocenters. The predicted octanol–water partition coefficient (Wildman–Crippen LogP) is 25.4. The molecular weight excluding hydrogens is 1320 g/mol. The highest BCUT2D eigenvalue weighted by molar-refractivity contribution is 7.27. The van der Waals surface area contributed by atoms with Crippen LogP contribution in [0.3, 0.4) is 0 Å². The van der Waals surface area contributed by atoms with E-state index in [1.54, 1.807) is 22.7 Å². The van der Waals surface area contributed by atoms with Gasteiger partial charge < -0.3 is 9.13 Å². The Labute approximate surface area is 613 Å². The molecule has 0 amide bonds. The van der Waals surface area contributed by atoms with Crippen molar-refractivity contribution < 1.29 is 13.7 Å². The lowest BCUT2D eigenvalue weighted by molar-refractivity contribution is 1.07. The van der Waals surface area contributed by atoms with E-state index in [1.165, 1.54) is 72.9 Å². The SMILES string of the molecule is [2H]c1c([2H])c([2H])c(-c2nc(-c3ccccc3)nc(-c3ccc4c(c3)sc3ccc(-n5c6ccccc6c6c7c(ccc65)sc5ccccc57)cc34)n2)c([2H])c1[2H].[2H]c1c([2H])c([2H])c(-c2nc(-c3ccccc3)nc(-c3ccc4c(c3)sc3ccc(-n5c6ccccc6c6c7sc8ccccc8c7ccc65)cc34)n2)c([2H])c1[2H]. The zero-order valence-corrected chi connectivity index (χ0v) is 56.7. The summed E-state index contributed by atoms with van der Waals surface area (Å²) in [4.78, 5) is 28.5. The molecular formula is C90H52N8S4. The van der Waals surface area contributed by atoms with Crippen molar-refractivity contribution in [1.29, 1.82) is 0 Å². The van der Waals surface area contributed by atoms with Crippen molar-refractivity contribution in [3.63, 3.8) is 0 Å². The van der Waals surface area contributed by atoms with Crippen LogP contribution >= 0.6 is 45.3 Å². The van der Waals surface area contributed by atoms with Crippen molar-refractivity contribution >= 4 is 170 Å². The number of rotatable bonds is 8. The van der Waals surface area contributed by atoms with Crippen LogP contribution in [-0.4, -0.2) is 39.0 Å². The number of fused-ring (bicyclic) bond motifs is 20. The van der Waals surface area contributed by atoms with Crippen molar-refractivity contribution in [2.75, 3.05) is 0 Å². The van der Waals surface area contributed by atoms with Crippen LogP contribution in [0.1, 0.15) is 13.7 Å². The molecule has 0 aliphatic carbocycles. The van der Waals surface area contributed by atoms with E-state index in [9.17, 15) is 0 Å². The minimum Gasteiger partial charge on any atom is -0.309 e. The monoisotopic (exact) mass is 1380 g/mol. The first kappa shape index (κ1) is 49.2. The fourth-order valence-electron chi connectivity index (χ4n) is 14.5. The average Bonchev–Trinajstić information content (AvgIpc) is 1.56. The quantitative estimate of drug-likeness (QED) is 0.151. The largest absolute Gasteiger partial charge is 0.309 e. The van der Waals surface area contributed by atoms with E-state index in [0.717, 1.165) is 85.0 Å². The minimum atomic E-state index is -0.466. The van der Waals surface area contributed by atoms with Crippen LogP contribution in [0.2, 0.25) is 0 Å². The van der Waals surface area contributed by atoms with Gasteiger partial charge in [-0.15, -0.1) is 45.3 Å². The maximum absolute atomic E-state index is 8.64. The molecule has 0 bridgehead atoms. The molecule has 8 nitrogen and oxygen atoms in total. The summed E-state index contributed by atoms with van der Waals surface area (Å²) in [6.45, 7) is 0. The van der Waals surface area contributed by atoms with Gasteiger partial charge in [0.25, 0.3) is 0 Å². The van der Waals surface area contributed by atoms with Gasteiger partial charge in [0.2, 0.25) is 0 Å². The number of nitrogens with zero attached hydrogens (tertiary/aromatic N) is 8. The fourth-order valence-corrected chi connectivity index (χ4v) is 19.2. The molecule has 14 aromatic carbocycles. The Bertz CT molecular complexity index is 7740.